The highest BCUT2D eigenvalue weighted by Crippen LogP contribution is 2.17. The minimum absolute atomic E-state index is 0.0135. The molecule has 0 aliphatic rings. The van der Waals surface area contributed by atoms with Crippen molar-refractivity contribution in [3.8, 4) is 18.0 Å². The van der Waals surface area contributed by atoms with E-state index < -0.39 is 0 Å². The Balaban J connectivity index is 2.83. The van der Waals surface area contributed by atoms with Gasteiger partial charge in [0.2, 0.25) is 0 Å². The molecule has 132 valence electrons. The van der Waals surface area contributed by atoms with Crippen molar-refractivity contribution >= 4 is 0 Å². The summed E-state index contributed by atoms with van der Waals surface area (Å²) in [7, 11) is 0. The molecule has 2 unspecified atom stereocenters. The molecule has 0 amide bonds. The molecule has 1 aromatic rings. The van der Waals surface area contributed by atoms with Crippen LogP contribution < -0.4 is 14.5 Å². The normalized spacial score (nSPS) is 12.8. The number of nitrogens with zero attached hydrogens (tertiary/aromatic N) is 3. The van der Waals surface area contributed by atoms with Gasteiger partial charge in [0.15, 0.2) is 0 Å². The molecule has 8 heteroatoms. The summed E-state index contributed by atoms with van der Waals surface area (Å²) in [5, 5.41) is 0. The van der Waals surface area contributed by atoms with Gasteiger partial charge in [-0.05, 0) is 12.8 Å². The van der Waals surface area contributed by atoms with Gasteiger partial charge in [-0.25, -0.2) is 0 Å². The van der Waals surface area contributed by atoms with Crippen LogP contribution in [0.5, 0.6) is 18.0 Å². The van der Waals surface area contributed by atoms with Crippen LogP contribution in [-0.2, 0) is 9.78 Å². The van der Waals surface area contributed by atoms with Gasteiger partial charge in [0, 0.05) is 0 Å². The van der Waals surface area contributed by atoms with Gasteiger partial charge >= 0.3 is 18.0 Å². The van der Waals surface area contributed by atoms with Crippen LogP contribution in [0.15, 0.2) is 38.0 Å². The molecule has 0 fully saturated rings. The topological polar surface area (TPSA) is 84.8 Å². The fourth-order valence-electron chi connectivity index (χ4n) is 1.35. The molecule has 8 nitrogen and oxygen atoms in total. The Bertz CT molecular complexity index is 500. The van der Waals surface area contributed by atoms with Crippen LogP contribution in [-0.4, -0.2) is 33.8 Å². The van der Waals surface area contributed by atoms with Gasteiger partial charge in [0.1, 0.15) is 18.8 Å². The second kappa shape index (κ2) is 11.1. The maximum atomic E-state index is 5.26. The summed E-state index contributed by atoms with van der Waals surface area (Å²) in [4.78, 5) is 32.3. The van der Waals surface area contributed by atoms with Crippen LogP contribution in [0.25, 0.3) is 0 Å². The number of hydrogen-bond acceptors (Lipinski definition) is 8. The zero-order valence-corrected chi connectivity index (χ0v) is 14.0. The Morgan fingerprint density at radius 2 is 1.29 bits per heavy atom. The van der Waals surface area contributed by atoms with E-state index in [-0.39, 0.29) is 36.8 Å². The molecule has 0 radical (unpaired) electrons. The fourth-order valence-corrected chi connectivity index (χ4v) is 1.35. The Morgan fingerprint density at radius 3 is 1.67 bits per heavy atom. The third kappa shape index (κ3) is 6.76. The standard InChI is InChI=1S/C16H23N3O5/c1-6-11-20-14-17-15(23-21-12(7-2)8-3)19-16(18-14)24-22-13(9-4)10-5/h6-7,9,12-13H,1-2,4,8,10-11H2,3,5H3. The van der Waals surface area contributed by atoms with E-state index in [1.54, 1.807) is 18.2 Å². The van der Waals surface area contributed by atoms with Crippen molar-refractivity contribution in [2.24, 2.45) is 0 Å². The first-order valence-corrected chi connectivity index (χ1v) is 7.58. The van der Waals surface area contributed by atoms with E-state index in [9.17, 15) is 0 Å². The predicted molar refractivity (Wildman–Crippen MR) is 87.5 cm³/mol. The van der Waals surface area contributed by atoms with E-state index in [2.05, 4.69) is 34.7 Å². The summed E-state index contributed by atoms with van der Waals surface area (Å²) >= 11 is 0. The Hall–Kier alpha value is -2.45. The third-order valence-corrected chi connectivity index (χ3v) is 2.73. The van der Waals surface area contributed by atoms with Crippen LogP contribution in [0.2, 0.25) is 0 Å². The van der Waals surface area contributed by atoms with E-state index >= 15 is 0 Å². The summed E-state index contributed by atoms with van der Waals surface area (Å²) in [5.74, 6) is 0. The third-order valence-electron chi connectivity index (χ3n) is 2.73. The lowest BCUT2D eigenvalue weighted by atomic mass is 10.3. The zero-order chi connectivity index (χ0) is 17.8. The Morgan fingerprint density at radius 1 is 0.833 bits per heavy atom. The van der Waals surface area contributed by atoms with E-state index in [1.807, 2.05) is 13.8 Å². The molecule has 0 spiro atoms. The van der Waals surface area contributed by atoms with E-state index in [1.165, 1.54) is 0 Å². The van der Waals surface area contributed by atoms with Crippen molar-refractivity contribution in [1.29, 1.82) is 0 Å². The number of hydrogen-bond donors (Lipinski definition) is 0. The smallest absolute Gasteiger partial charge is 0.362 e. The molecule has 0 aliphatic heterocycles. The summed E-state index contributed by atoms with van der Waals surface area (Å²) in [6.07, 6.45) is 5.51. The minimum Gasteiger partial charge on any atom is -0.459 e. The number of aromatic nitrogens is 3. The zero-order valence-electron chi connectivity index (χ0n) is 14.0. The number of rotatable bonds is 13. The SMILES string of the molecule is C=CCOc1nc(OOC(C=C)CC)nc(OOC(C=C)CC)n1. The second-order valence-corrected chi connectivity index (χ2v) is 4.51. The van der Waals surface area contributed by atoms with Crippen molar-refractivity contribution in [2.75, 3.05) is 6.61 Å². The van der Waals surface area contributed by atoms with Crippen molar-refractivity contribution in [3.05, 3.63) is 38.0 Å². The molecule has 1 aromatic heterocycles. The summed E-state index contributed by atoms with van der Waals surface area (Å²) in [5.41, 5.74) is 0. The van der Waals surface area contributed by atoms with E-state index in [0.717, 1.165) is 0 Å². The highest BCUT2D eigenvalue weighted by Gasteiger charge is 2.14. The van der Waals surface area contributed by atoms with Crippen molar-refractivity contribution in [1.82, 2.24) is 15.0 Å². The molecule has 24 heavy (non-hydrogen) atoms. The Labute approximate surface area is 141 Å². The molecule has 0 saturated heterocycles. The van der Waals surface area contributed by atoms with Gasteiger partial charge in [-0.2, -0.15) is 9.78 Å². The van der Waals surface area contributed by atoms with Crippen molar-refractivity contribution in [2.45, 2.75) is 38.9 Å². The molecule has 0 aliphatic carbocycles. The molecule has 1 rings (SSSR count). The first-order chi connectivity index (χ1) is 11.7. The van der Waals surface area contributed by atoms with Gasteiger partial charge in [-0.3, -0.25) is 9.78 Å². The van der Waals surface area contributed by atoms with Crippen LogP contribution in [0.1, 0.15) is 26.7 Å². The molecular weight excluding hydrogens is 314 g/mol. The van der Waals surface area contributed by atoms with Gasteiger partial charge < -0.3 is 4.74 Å². The van der Waals surface area contributed by atoms with Crippen LogP contribution >= 0.6 is 0 Å². The van der Waals surface area contributed by atoms with E-state index in [4.69, 9.17) is 24.3 Å². The minimum atomic E-state index is -0.301. The average molecular weight is 337 g/mol. The largest absolute Gasteiger partial charge is 0.459 e. The fraction of sp³-hybridized carbons (Fsp3) is 0.438. The quantitative estimate of drug-likeness (QED) is 0.308. The monoisotopic (exact) mass is 337 g/mol. The van der Waals surface area contributed by atoms with Gasteiger partial charge in [-0.1, -0.05) is 38.7 Å². The van der Waals surface area contributed by atoms with Crippen molar-refractivity contribution < 1.29 is 24.3 Å². The predicted octanol–water partition coefficient (Wildman–Crippen LogP) is 2.99. The molecular formula is C16H23N3O5. The molecule has 0 saturated carbocycles. The molecule has 0 N–H and O–H groups in total. The molecule has 2 atom stereocenters. The van der Waals surface area contributed by atoms with Gasteiger partial charge in [-0.15, -0.1) is 28.1 Å². The maximum absolute atomic E-state index is 5.26. The van der Waals surface area contributed by atoms with Crippen LogP contribution in [0.4, 0.5) is 0 Å². The van der Waals surface area contributed by atoms with Gasteiger partial charge in [0.05, 0.1) is 0 Å². The first kappa shape index (κ1) is 19.6. The summed E-state index contributed by atoms with van der Waals surface area (Å²) in [6, 6.07) is -0.273. The number of ether oxygens (including phenoxy) is 1. The van der Waals surface area contributed by atoms with Gasteiger partial charge in [0.25, 0.3) is 0 Å². The second-order valence-electron chi connectivity index (χ2n) is 4.51. The molecule has 0 aromatic carbocycles. The highest BCUT2D eigenvalue weighted by molar-refractivity contribution is 5.08. The highest BCUT2D eigenvalue weighted by atomic mass is 17.2. The van der Waals surface area contributed by atoms with Crippen LogP contribution in [0, 0.1) is 0 Å². The van der Waals surface area contributed by atoms with Crippen LogP contribution in [0.3, 0.4) is 0 Å². The molecule has 0 bridgehead atoms. The lowest BCUT2D eigenvalue weighted by Crippen LogP contribution is -2.15. The lowest BCUT2D eigenvalue weighted by molar-refractivity contribution is -0.246. The average Bonchev–Trinajstić information content (AvgIpc) is 2.61. The lowest BCUT2D eigenvalue weighted by Gasteiger charge is -2.12. The summed E-state index contributed by atoms with van der Waals surface area (Å²) in [6.45, 7) is 14.9. The maximum Gasteiger partial charge on any atom is 0.362 e. The first-order valence-electron chi connectivity index (χ1n) is 7.58. The van der Waals surface area contributed by atoms with E-state index in [0.29, 0.717) is 12.8 Å². The van der Waals surface area contributed by atoms with Crippen molar-refractivity contribution in [3.63, 3.8) is 0 Å². The summed E-state index contributed by atoms with van der Waals surface area (Å²) < 4.78 is 5.26. The Kier molecular flexibility index (Phi) is 9.10. The molecule has 1 heterocycles.